The topological polar surface area (TPSA) is 87.6 Å². The van der Waals surface area contributed by atoms with Gasteiger partial charge < -0.3 is 10.6 Å². The van der Waals surface area contributed by atoms with E-state index >= 15 is 0 Å². The van der Waals surface area contributed by atoms with Gasteiger partial charge in [0.05, 0.1) is 5.69 Å². The summed E-state index contributed by atoms with van der Waals surface area (Å²) >= 11 is 0. The van der Waals surface area contributed by atoms with Crippen LogP contribution in [0.1, 0.15) is 47.5 Å². The third kappa shape index (κ3) is 4.80. The Morgan fingerprint density at radius 2 is 1.79 bits per heavy atom. The van der Waals surface area contributed by atoms with Crippen molar-refractivity contribution in [1.82, 2.24) is 5.32 Å². The van der Waals surface area contributed by atoms with E-state index in [1.165, 1.54) is 6.07 Å². The predicted octanol–water partition coefficient (Wildman–Crippen LogP) is 2.92. The zero-order chi connectivity index (χ0) is 18.2. The van der Waals surface area contributed by atoms with Crippen LogP contribution in [0, 0.1) is 5.41 Å². The first kappa shape index (κ1) is 18.4. The van der Waals surface area contributed by atoms with Gasteiger partial charge in [0.2, 0.25) is 5.91 Å². The summed E-state index contributed by atoms with van der Waals surface area (Å²) in [6, 6.07) is 6.67. The summed E-state index contributed by atoms with van der Waals surface area (Å²) in [7, 11) is -3.70. The number of amidine groups is 1. The van der Waals surface area contributed by atoms with Crippen LogP contribution < -0.4 is 10.6 Å². The molecular weight excluding hydrogens is 326 g/mol. The van der Waals surface area contributed by atoms with E-state index in [-0.39, 0.29) is 22.8 Å². The van der Waals surface area contributed by atoms with Crippen LogP contribution >= 0.6 is 0 Å². The quantitative estimate of drug-likeness (QED) is 0.873. The minimum Gasteiger partial charge on any atom is -0.351 e. The van der Waals surface area contributed by atoms with Crippen LogP contribution in [-0.4, -0.2) is 25.7 Å². The summed E-state index contributed by atoms with van der Waals surface area (Å²) in [4.78, 5) is 12.3. The molecule has 1 heterocycles. The van der Waals surface area contributed by atoms with Gasteiger partial charge in [-0.1, -0.05) is 26.0 Å². The molecule has 132 valence electrons. The lowest BCUT2D eigenvalue weighted by molar-refractivity contribution is -0.124. The third-order valence-electron chi connectivity index (χ3n) is 3.47. The predicted molar refractivity (Wildman–Crippen MR) is 95.6 cm³/mol. The number of benzene rings is 1. The number of carbonyl (C=O) groups is 1. The van der Waals surface area contributed by atoms with Crippen molar-refractivity contribution in [3.8, 4) is 0 Å². The standard InChI is InChI=1S/C17H25N3O3S/c1-16(2,3)19-15(21)11-17(4,5)10-14-18-12-8-6-7-9-13(12)24(22,23)20-14/h6-9H,10-11H2,1-5H3,(H,18,20)(H,19,21). The van der Waals surface area contributed by atoms with Crippen molar-refractivity contribution < 1.29 is 13.2 Å². The molecule has 0 aromatic heterocycles. The summed E-state index contributed by atoms with van der Waals surface area (Å²) in [6.45, 7) is 9.62. The lowest BCUT2D eigenvalue weighted by Crippen LogP contribution is -2.42. The molecule has 0 saturated carbocycles. The van der Waals surface area contributed by atoms with Gasteiger partial charge in [0.25, 0.3) is 10.0 Å². The molecule has 0 spiro atoms. The van der Waals surface area contributed by atoms with E-state index < -0.39 is 15.4 Å². The molecule has 1 aliphatic rings. The minimum absolute atomic E-state index is 0.0628. The van der Waals surface area contributed by atoms with Gasteiger partial charge >= 0.3 is 0 Å². The van der Waals surface area contributed by atoms with Gasteiger partial charge in [-0.25, -0.2) is 0 Å². The van der Waals surface area contributed by atoms with Gasteiger partial charge in [-0.15, -0.1) is 4.40 Å². The molecule has 0 bridgehead atoms. The van der Waals surface area contributed by atoms with Crippen LogP contribution in [0.4, 0.5) is 5.69 Å². The molecular formula is C17H25N3O3S. The monoisotopic (exact) mass is 351 g/mol. The molecule has 0 fully saturated rings. The highest BCUT2D eigenvalue weighted by molar-refractivity contribution is 7.90. The molecule has 0 unspecified atom stereocenters. The Labute approximate surface area is 143 Å². The minimum atomic E-state index is -3.70. The Bertz CT molecular complexity index is 775. The van der Waals surface area contributed by atoms with Crippen LogP contribution in [0.15, 0.2) is 33.6 Å². The highest BCUT2D eigenvalue weighted by Crippen LogP contribution is 2.32. The second-order valence-corrected chi connectivity index (χ2v) is 9.52. The Morgan fingerprint density at radius 1 is 1.17 bits per heavy atom. The molecule has 6 nitrogen and oxygen atoms in total. The van der Waals surface area contributed by atoms with Gasteiger partial charge in [-0.2, -0.15) is 8.42 Å². The SMILES string of the molecule is CC(C)(CC(=O)NC(C)(C)C)CC1=NS(=O)(=O)c2ccccc2N1. The number of nitrogens with one attached hydrogen (secondary N) is 2. The number of nitrogens with zero attached hydrogens (tertiary/aromatic N) is 1. The van der Waals surface area contributed by atoms with E-state index in [1.54, 1.807) is 18.2 Å². The number of carbonyl (C=O) groups excluding carboxylic acids is 1. The molecule has 0 saturated heterocycles. The van der Waals surface area contributed by atoms with Gasteiger partial charge in [0.1, 0.15) is 10.7 Å². The van der Waals surface area contributed by atoms with E-state index in [9.17, 15) is 13.2 Å². The summed E-state index contributed by atoms with van der Waals surface area (Å²) in [5.41, 5.74) is -0.198. The van der Waals surface area contributed by atoms with Gasteiger partial charge in [0, 0.05) is 18.4 Å². The van der Waals surface area contributed by atoms with Crippen LogP contribution in [0.2, 0.25) is 0 Å². The Morgan fingerprint density at radius 3 is 2.42 bits per heavy atom. The van der Waals surface area contributed by atoms with Gasteiger partial charge in [0.15, 0.2) is 0 Å². The largest absolute Gasteiger partial charge is 0.351 e. The fraction of sp³-hybridized carbons (Fsp3) is 0.529. The smallest absolute Gasteiger partial charge is 0.286 e. The van der Waals surface area contributed by atoms with E-state index in [2.05, 4.69) is 15.0 Å². The van der Waals surface area contributed by atoms with Crippen molar-refractivity contribution in [2.45, 2.75) is 57.9 Å². The molecule has 1 amide bonds. The molecule has 24 heavy (non-hydrogen) atoms. The maximum atomic E-state index is 12.3. The molecule has 1 aromatic rings. The normalized spacial score (nSPS) is 16.6. The molecule has 1 aromatic carbocycles. The molecule has 2 N–H and O–H groups in total. The first-order valence-corrected chi connectivity index (χ1v) is 9.33. The van der Waals surface area contributed by atoms with Crippen LogP contribution in [0.25, 0.3) is 0 Å². The van der Waals surface area contributed by atoms with Crippen LogP contribution in [0.5, 0.6) is 0 Å². The fourth-order valence-electron chi connectivity index (χ4n) is 2.66. The number of para-hydroxylation sites is 1. The third-order valence-corrected chi connectivity index (χ3v) is 4.85. The number of fused-ring (bicyclic) bond motifs is 1. The second kappa shape index (κ2) is 6.20. The Hall–Kier alpha value is -1.89. The van der Waals surface area contributed by atoms with Crippen molar-refractivity contribution in [3.63, 3.8) is 0 Å². The first-order valence-electron chi connectivity index (χ1n) is 7.89. The fourth-order valence-corrected chi connectivity index (χ4v) is 3.80. The Kier molecular flexibility index (Phi) is 4.77. The number of hydrogen-bond donors (Lipinski definition) is 2. The van der Waals surface area contributed by atoms with Crippen molar-refractivity contribution in [2.75, 3.05) is 5.32 Å². The van der Waals surface area contributed by atoms with Crippen molar-refractivity contribution >= 4 is 27.5 Å². The molecule has 2 rings (SSSR count). The zero-order valence-electron chi connectivity index (χ0n) is 14.8. The van der Waals surface area contributed by atoms with Gasteiger partial charge in [-0.05, 0) is 38.3 Å². The number of hydrogen-bond acceptors (Lipinski definition) is 4. The molecule has 7 heteroatoms. The van der Waals surface area contributed by atoms with E-state index in [0.29, 0.717) is 17.9 Å². The number of rotatable bonds is 4. The average molecular weight is 351 g/mol. The maximum Gasteiger partial charge on any atom is 0.286 e. The van der Waals surface area contributed by atoms with E-state index in [1.807, 2.05) is 34.6 Å². The molecule has 1 aliphatic heterocycles. The van der Waals surface area contributed by atoms with E-state index in [4.69, 9.17) is 0 Å². The molecule has 0 radical (unpaired) electrons. The van der Waals surface area contributed by atoms with E-state index in [0.717, 1.165) is 0 Å². The summed E-state index contributed by atoms with van der Waals surface area (Å²) in [5.74, 6) is 0.300. The molecule has 0 atom stereocenters. The van der Waals surface area contributed by atoms with Crippen LogP contribution in [-0.2, 0) is 14.8 Å². The van der Waals surface area contributed by atoms with Crippen molar-refractivity contribution in [1.29, 1.82) is 0 Å². The lowest BCUT2D eigenvalue weighted by Gasteiger charge is -2.29. The van der Waals surface area contributed by atoms with Crippen LogP contribution in [0.3, 0.4) is 0 Å². The lowest BCUT2D eigenvalue weighted by atomic mass is 9.84. The van der Waals surface area contributed by atoms with Crippen molar-refractivity contribution in [2.24, 2.45) is 9.81 Å². The zero-order valence-corrected chi connectivity index (χ0v) is 15.6. The highest BCUT2D eigenvalue weighted by Gasteiger charge is 2.30. The molecule has 0 aliphatic carbocycles. The maximum absolute atomic E-state index is 12.3. The number of amides is 1. The average Bonchev–Trinajstić information content (AvgIpc) is 2.33. The number of sulfonamides is 1. The second-order valence-electron chi connectivity index (χ2n) is 7.95. The summed E-state index contributed by atoms with van der Waals surface area (Å²) in [6.07, 6.45) is 0.644. The summed E-state index contributed by atoms with van der Waals surface area (Å²) < 4.78 is 28.4. The van der Waals surface area contributed by atoms with Crippen molar-refractivity contribution in [3.05, 3.63) is 24.3 Å². The van der Waals surface area contributed by atoms with Gasteiger partial charge in [-0.3, -0.25) is 4.79 Å². The first-order chi connectivity index (χ1) is 10.9. The Balaban J connectivity index is 2.13. The summed E-state index contributed by atoms with van der Waals surface area (Å²) in [5, 5.41) is 6.00. The highest BCUT2D eigenvalue weighted by atomic mass is 32.2. The number of anilines is 1.